The van der Waals surface area contributed by atoms with Gasteiger partial charge in [-0.1, -0.05) is 31.1 Å². The summed E-state index contributed by atoms with van der Waals surface area (Å²) < 4.78 is 11.0. The van der Waals surface area contributed by atoms with Crippen LogP contribution in [0.1, 0.15) is 19.4 Å². The van der Waals surface area contributed by atoms with Crippen LogP contribution in [-0.2, 0) is 11.2 Å². The fourth-order valence-electron chi connectivity index (χ4n) is 1.49. The summed E-state index contributed by atoms with van der Waals surface area (Å²) in [5, 5.41) is 11.4. The molecular formula is C14H22N2O3. The summed E-state index contributed by atoms with van der Waals surface area (Å²) in [6.07, 6.45) is 0.425. The molecule has 0 bridgehead atoms. The summed E-state index contributed by atoms with van der Waals surface area (Å²) in [6.45, 7) is 6.10. The molecule has 0 heterocycles. The summed E-state index contributed by atoms with van der Waals surface area (Å²) in [5.41, 5.74) is 6.40. The first-order valence-electron chi connectivity index (χ1n) is 6.37. The van der Waals surface area contributed by atoms with E-state index in [0.717, 1.165) is 17.9 Å². The molecule has 3 N–H and O–H groups in total. The standard InChI is InChI=1S/C14H22N2O3/c1-11(2)10-18-7-8-19-13-5-3-12(4-6-13)9-14(15)16-17/h3-6,11,17H,7-10H2,1-2H3,(H2,15,16). The van der Waals surface area contributed by atoms with Crippen LogP contribution in [0.4, 0.5) is 0 Å². The van der Waals surface area contributed by atoms with Gasteiger partial charge < -0.3 is 20.4 Å². The average molecular weight is 266 g/mol. The maximum atomic E-state index is 8.48. The van der Waals surface area contributed by atoms with Crippen molar-refractivity contribution < 1.29 is 14.7 Å². The second kappa shape index (κ2) is 8.37. The molecule has 0 amide bonds. The first-order chi connectivity index (χ1) is 9.11. The minimum absolute atomic E-state index is 0.191. The van der Waals surface area contributed by atoms with E-state index < -0.39 is 0 Å². The first-order valence-corrected chi connectivity index (χ1v) is 6.37. The van der Waals surface area contributed by atoms with Crippen LogP contribution in [0.3, 0.4) is 0 Å². The molecule has 0 atom stereocenters. The Labute approximate surface area is 114 Å². The average Bonchev–Trinajstić information content (AvgIpc) is 2.39. The van der Waals surface area contributed by atoms with Crippen LogP contribution >= 0.6 is 0 Å². The highest BCUT2D eigenvalue weighted by Crippen LogP contribution is 2.12. The van der Waals surface area contributed by atoms with Crippen LogP contribution in [0, 0.1) is 5.92 Å². The Hall–Kier alpha value is -1.75. The molecule has 0 radical (unpaired) electrons. The van der Waals surface area contributed by atoms with Crippen molar-refractivity contribution >= 4 is 5.84 Å². The largest absolute Gasteiger partial charge is 0.491 e. The molecule has 0 aromatic heterocycles. The number of nitrogens with zero attached hydrogens (tertiary/aromatic N) is 1. The number of amidine groups is 1. The number of benzene rings is 1. The molecule has 5 nitrogen and oxygen atoms in total. The highest BCUT2D eigenvalue weighted by atomic mass is 16.5. The molecule has 0 saturated carbocycles. The predicted octanol–water partition coefficient (Wildman–Crippen LogP) is 2.03. The monoisotopic (exact) mass is 266 g/mol. The Morgan fingerprint density at radius 2 is 1.95 bits per heavy atom. The highest BCUT2D eigenvalue weighted by Gasteiger charge is 1.99. The van der Waals surface area contributed by atoms with Crippen LogP contribution in [0.25, 0.3) is 0 Å². The molecule has 0 aliphatic heterocycles. The van der Waals surface area contributed by atoms with Crippen molar-refractivity contribution in [1.29, 1.82) is 0 Å². The molecular weight excluding hydrogens is 244 g/mol. The quantitative estimate of drug-likeness (QED) is 0.248. The smallest absolute Gasteiger partial charge is 0.143 e. The van der Waals surface area contributed by atoms with Crippen LogP contribution in [0.15, 0.2) is 29.4 Å². The maximum Gasteiger partial charge on any atom is 0.143 e. The lowest BCUT2D eigenvalue weighted by molar-refractivity contribution is 0.0819. The Bertz CT molecular complexity index is 388. The lowest BCUT2D eigenvalue weighted by atomic mass is 10.1. The maximum absolute atomic E-state index is 8.48. The van der Waals surface area contributed by atoms with Gasteiger partial charge >= 0.3 is 0 Å². The Balaban J connectivity index is 2.28. The summed E-state index contributed by atoms with van der Waals surface area (Å²) in [5.74, 6) is 1.52. The van der Waals surface area contributed by atoms with Gasteiger partial charge in [0.05, 0.1) is 6.61 Å². The molecule has 106 valence electrons. The highest BCUT2D eigenvalue weighted by molar-refractivity contribution is 5.81. The third-order valence-corrected chi connectivity index (χ3v) is 2.38. The van der Waals surface area contributed by atoms with Gasteiger partial charge in [-0.25, -0.2) is 0 Å². The van der Waals surface area contributed by atoms with E-state index in [2.05, 4.69) is 19.0 Å². The number of nitrogens with two attached hydrogens (primary N) is 1. The van der Waals surface area contributed by atoms with Crippen molar-refractivity contribution in [3.05, 3.63) is 29.8 Å². The molecule has 0 fully saturated rings. The van der Waals surface area contributed by atoms with E-state index in [4.69, 9.17) is 20.4 Å². The van der Waals surface area contributed by atoms with Crippen molar-refractivity contribution in [2.75, 3.05) is 19.8 Å². The second-order valence-corrected chi connectivity index (χ2v) is 4.73. The topological polar surface area (TPSA) is 77.1 Å². The van der Waals surface area contributed by atoms with Gasteiger partial charge in [0.25, 0.3) is 0 Å². The lowest BCUT2D eigenvalue weighted by Gasteiger charge is -2.09. The summed E-state index contributed by atoms with van der Waals surface area (Å²) in [4.78, 5) is 0. The molecule has 0 aliphatic carbocycles. The zero-order chi connectivity index (χ0) is 14.1. The molecule has 1 aromatic rings. The van der Waals surface area contributed by atoms with E-state index in [9.17, 15) is 0 Å². The van der Waals surface area contributed by atoms with Crippen molar-refractivity contribution in [3.63, 3.8) is 0 Å². The zero-order valence-corrected chi connectivity index (χ0v) is 11.5. The lowest BCUT2D eigenvalue weighted by Crippen LogP contribution is -2.14. The summed E-state index contributed by atoms with van der Waals surface area (Å²) in [6, 6.07) is 7.51. The molecule has 1 aromatic carbocycles. The van der Waals surface area contributed by atoms with E-state index in [1.807, 2.05) is 24.3 Å². The molecule has 0 aliphatic rings. The van der Waals surface area contributed by atoms with Crippen molar-refractivity contribution in [1.82, 2.24) is 0 Å². The van der Waals surface area contributed by atoms with Gasteiger partial charge in [0.1, 0.15) is 18.2 Å². The number of hydrogen-bond donors (Lipinski definition) is 2. The normalized spacial score (nSPS) is 11.8. The van der Waals surface area contributed by atoms with Crippen LogP contribution < -0.4 is 10.5 Å². The summed E-state index contributed by atoms with van der Waals surface area (Å²) >= 11 is 0. The minimum atomic E-state index is 0.191. The number of rotatable bonds is 8. The van der Waals surface area contributed by atoms with Gasteiger partial charge in [-0.3, -0.25) is 0 Å². The SMILES string of the molecule is CC(C)COCCOc1ccc(C/C(N)=N/O)cc1. The molecule has 0 spiro atoms. The van der Waals surface area contributed by atoms with Crippen LogP contribution in [0.2, 0.25) is 0 Å². The first kappa shape index (κ1) is 15.3. The van der Waals surface area contributed by atoms with E-state index in [1.54, 1.807) is 0 Å². The minimum Gasteiger partial charge on any atom is -0.491 e. The predicted molar refractivity (Wildman–Crippen MR) is 74.7 cm³/mol. The number of oxime groups is 1. The van der Waals surface area contributed by atoms with E-state index in [1.165, 1.54) is 0 Å². The van der Waals surface area contributed by atoms with Crippen molar-refractivity contribution in [2.45, 2.75) is 20.3 Å². The molecule has 1 rings (SSSR count). The number of hydrogen-bond acceptors (Lipinski definition) is 4. The third kappa shape index (κ3) is 6.67. The van der Waals surface area contributed by atoms with Gasteiger partial charge in [0, 0.05) is 13.0 Å². The molecule has 0 unspecified atom stereocenters. The van der Waals surface area contributed by atoms with Gasteiger partial charge in [-0.05, 0) is 23.6 Å². The van der Waals surface area contributed by atoms with Gasteiger partial charge in [0.2, 0.25) is 0 Å². The van der Waals surface area contributed by atoms with Crippen LogP contribution in [0.5, 0.6) is 5.75 Å². The van der Waals surface area contributed by atoms with Crippen molar-refractivity contribution in [2.24, 2.45) is 16.8 Å². The van der Waals surface area contributed by atoms with Gasteiger partial charge in [0.15, 0.2) is 0 Å². The number of ether oxygens (including phenoxy) is 2. The fraction of sp³-hybridized carbons (Fsp3) is 0.500. The van der Waals surface area contributed by atoms with Gasteiger partial charge in [-0.2, -0.15) is 0 Å². The zero-order valence-electron chi connectivity index (χ0n) is 11.5. The summed E-state index contributed by atoms with van der Waals surface area (Å²) in [7, 11) is 0. The molecule has 5 heteroatoms. The van der Waals surface area contributed by atoms with E-state index in [-0.39, 0.29) is 5.84 Å². The Kier molecular flexibility index (Phi) is 6.74. The van der Waals surface area contributed by atoms with Gasteiger partial charge in [-0.15, -0.1) is 0 Å². The van der Waals surface area contributed by atoms with Crippen LogP contribution in [-0.4, -0.2) is 30.9 Å². The fourth-order valence-corrected chi connectivity index (χ4v) is 1.49. The third-order valence-electron chi connectivity index (χ3n) is 2.38. The van der Waals surface area contributed by atoms with E-state index >= 15 is 0 Å². The molecule has 19 heavy (non-hydrogen) atoms. The van der Waals surface area contributed by atoms with Crippen molar-refractivity contribution in [3.8, 4) is 5.75 Å². The Morgan fingerprint density at radius 1 is 1.26 bits per heavy atom. The molecule has 0 saturated heterocycles. The Morgan fingerprint density at radius 3 is 2.53 bits per heavy atom. The second-order valence-electron chi connectivity index (χ2n) is 4.73. The van der Waals surface area contributed by atoms with E-state index in [0.29, 0.717) is 25.6 Å².